The fourth-order valence-electron chi connectivity index (χ4n) is 3.24. The lowest BCUT2D eigenvalue weighted by Crippen LogP contribution is -2.39. The van der Waals surface area contributed by atoms with E-state index in [1.807, 2.05) is 62.4 Å². The zero-order valence-electron chi connectivity index (χ0n) is 17.6. The molecule has 0 fully saturated rings. The Bertz CT molecular complexity index is 960. The van der Waals surface area contributed by atoms with Gasteiger partial charge < -0.3 is 18.8 Å². The van der Waals surface area contributed by atoms with Crippen molar-refractivity contribution in [2.24, 2.45) is 0 Å². The number of halogens is 1. The monoisotopic (exact) mass is 427 g/mol. The summed E-state index contributed by atoms with van der Waals surface area (Å²) in [6, 6.07) is 15.0. The van der Waals surface area contributed by atoms with Crippen molar-refractivity contribution >= 4 is 17.5 Å². The molecule has 0 spiro atoms. The summed E-state index contributed by atoms with van der Waals surface area (Å²) >= 11 is 6.24. The number of carbonyl (C=O) groups is 1. The van der Waals surface area contributed by atoms with Crippen LogP contribution in [0.1, 0.15) is 29.4 Å². The summed E-state index contributed by atoms with van der Waals surface area (Å²) in [5, 5.41) is 0.709. The number of nitrogens with zero attached hydrogens (tertiary/aromatic N) is 1. The van der Waals surface area contributed by atoms with Crippen LogP contribution >= 0.6 is 11.6 Å². The second-order valence-electron chi connectivity index (χ2n) is 7.25. The van der Waals surface area contributed by atoms with E-state index in [0.29, 0.717) is 29.6 Å². The first-order chi connectivity index (χ1) is 14.4. The van der Waals surface area contributed by atoms with Crippen molar-refractivity contribution in [2.75, 3.05) is 7.11 Å². The van der Waals surface area contributed by atoms with Gasteiger partial charge in [0.25, 0.3) is 5.91 Å². The maximum atomic E-state index is 13.2. The van der Waals surface area contributed by atoms with Crippen LogP contribution in [0.4, 0.5) is 0 Å². The number of amides is 1. The average molecular weight is 428 g/mol. The molecule has 0 aliphatic rings. The average Bonchev–Trinajstić information content (AvgIpc) is 3.24. The van der Waals surface area contributed by atoms with E-state index in [9.17, 15) is 4.79 Å². The smallest absolute Gasteiger partial charge is 0.264 e. The highest BCUT2D eigenvalue weighted by Crippen LogP contribution is 2.27. The van der Waals surface area contributed by atoms with Crippen molar-refractivity contribution in [1.82, 2.24) is 4.90 Å². The van der Waals surface area contributed by atoms with Gasteiger partial charge in [-0.15, -0.1) is 0 Å². The van der Waals surface area contributed by atoms with Crippen LogP contribution in [-0.2, 0) is 17.9 Å². The van der Waals surface area contributed by atoms with Gasteiger partial charge in [0.15, 0.2) is 6.10 Å². The quantitative estimate of drug-likeness (QED) is 0.472. The molecular weight excluding hydrogens is 402 g/mol. The summed E-state index contributed by atoms with van der Waals surface area (Å²) in [6.07, 6.45) is 0.933. The summed E-state index contributed by atoms with van der Waals surface area (Å²) in [6.45, 7) is 6.37. The Hall–Kier alpha value is -2.92. The number of hydrogen-bond acceptors (Lipinski definition) is 4. The summed E-state index contributed by atoms with van der Waals surface area (Å²) in [4.78, 5) is 15.0. The molecule has 3 aromatic rings. The number of aryl methyl sites for hydroxylation is 2. The summed E-state index contributed by atoms with van der Waals surface area (Å²) < 4.78 is 16.6. The lowest BCUT2D eigenvalue weighted by Gasteiger charge is -2.26. The predicted octanol–water partition coefficient (Wildman–Crippen LogP) is 5.55. The van der Waals surface area contributed by atoms with Crippen LogP contribution in [0.2, 0.25) is 5.02 Å². The number of benzene rings is 2. The van der Waals surface area contributed by atoms with E-state index in [0.717, 1.165) is 22.4 Å². The second kappa shape index (κ2) is 9.72. The molecule has 0 unspecified atom stereocenters. The standard InChI is InChI=1S/C24H26ClNO4/c1-16-12-22(13-17(2)23(16)25)30-18(3)24(27)26(15-21-6-5-11-29-21)14-19-7-9-20(28-4)10-8-19/h5-13,18H,14-15H2,1-4H3/t18-/m0/s1. The Balaban J connectivity index is 1.77. The Morgan fingerprint density at radius 1 is 1.07 bits per heavy atom. The highest BCUT2D eigenvalue weighted by molar-refractivity contribution is 6.32. The molecule has 0 aliphatic carbocycles. The fraction of sp³-hybridized carbons (Fsp3) is 0.292. The van der Waals surface area contributed by atoms with Crippen molar-refractivity contribution in [3.05, 3.63) is 82.3 Å². The van der Waals surface area contributed by atoms with E-state index in [1.54, 1.807) is 25.2 Å². The van der Waals surface area contributed by atoms with Crippen LogP contribution in [0, 0.1) is 13.8 Å². The third-order valence-electron chi connectivity index (χ3n) is 4.84. The number of methoxy groups -OCH3 is 1. The minimum Gasteiger partial charge on any atom is -0.497 e. The van der Waals surface area contributed by atoms with Crippen molar-refractivity contribution in [3.63, 3.8) is 0 Å². The lowest BCUT2D eigenvalue weighted by atomic mass is 10.1. The SMILES string of the molecule is COc1ccc(CN(Cc2ccco2)C(=O)[C@H](C)Oc2cc(C)c(Cl)c(C)c2)cc1. The largest absolute Gasteiger partial charge is 0.497 e. The van der Waals surface area contributed by atoms with E-state index >= 15 is 0 Å². The Morgan fingerprint density at radius 3 is 2.30 bits per heavy atom. The van der Waals surface area contributed by atoms with Gasteiger partial charge in [-0.3, -0.25) is 4.79 Å². The van der Waals surface area contributed by atoms with Gasteiger partial charge in [0.05, 0.1) is 19.9 Å². The molecule has 5 nitrogen and oxygen atoms in total. The van der Waals surface area contributed by atoms with Crippen molar-refractivity contribution in [3.8, 4) is 11.5 Å². The zero-order valence-corrected chi connectivity index (χ0v) is 18.4. The van der Waals surface area contributed by atoms with E-state index in [2.05, 4.69) is 0 Å². The van der Waals surface area contributed by atoms with Crippen LogP contribution in [0.15, 0.2) is 59.2 Å². The van der Waals surface area contributed by atoms with Gasteiger partial charge in [-0.05, 0) is 73.9 Å². The number of ether oxygens (including phenoxy) is 2. The first-order valence-corrected chi connectivity index (χ1v) is 10.1. The van der Waals surface area contributed by atoms with E-state index in [-0.39, 0.29) is 5.91 Å². The minimum absolute atomic E-state index is 0.132. The zero-order chi connectivity index (χ0) is 21.7. The van der Waals surface area contributed by atoms with Crippen molar-refractivity contribution < 1.29 is 18.7 Å². The molecule has 2 aromatic carbocycles. The number of hydrogen-bond donors (Lipinski definition) is 0. The van der Waals surface area contributed by atoms with E-state index in [4.69, 9.17) is 25.5 Å². The Labute approximate surface area is 182 Å². The molecule has 0 aliphatic heterocycles. The van der Waals surface area contributed by atoms with Gasteiger partial charge in [0.2, 0.25) is 0 Å². The third-order valence-corrected chi connectivity index (χ3v) is 5.44. The van der Waals surface area contributed by atoms with E-state index < -0.39 is 6.10 Å². The molecule has 30 heavy (non-hydrogen) atoms. The summed E-state index contributed by atoms with van der Waals surface area (Å²) in [7, 11) is 1.63. The van der Waals surface area contributed by atoms with Crippen molar-refractivity contribution in [2.45, 2.75) is 40.0 Å². The Kier molecular flexibility index (Phi) is 7.06. The topological polar surface area (TPSA) is 51.9 Å². The molecule has 1 heterocycles. The predicted molar refractivity (Wildman–Crippen MR) is 117 cm³/mol. The van der Waals surface area contributed by atoms with Gasteiger partial charge in [-0.1, -0.05) is 23.7 Å². The van der Waals surface area contributed by atoms with Crippen LogP contribution in [0.25, 0.3) is 0 Å². The molecule has 1 amide bonds. The van der Waals surface area contributed by atoms with Gasteiger partial charge >= 0.3 is 0 Å². The lowest BCUT2D eigenvalue weighted by molar-refractivity contribution is -0.139. The van der Waals surface area contributed by atoms with Crippen LogP contribution in [0.5, 0.6) is 11.5 Å². The number of rotatable bonds is 8. The molecule has 0 saturated heterocycles. The molecule has 0 bridgehead atoms. The molecule has 0 N–H and O–H groups in total. The highest BCUT2D eigenvalue weighted by Gasteiger charge is 2.24. The third kappa shape index (κ3) is 5.36. The van der Waals surface area contributed by atoms with Gasteiger partial charge in [0.1, 0.15) is 17.3 Å². The number of furan rings is 1. The molecule has 0 saturated carbocycles. The maximum absolute atomic E-state index is 13.2. The molecular formula is C24H26ClNO4. The first kappa shape index (κ1) is 21.8. The van der Waals surface area contributed by atoms with Gasteiger partial charge in [0, 0.05) is 11.6 Å². The van der Waals surface area contributed by atoms with Crippen LogP contribution in [0.3, 0.4) is 0 Å². The van der Waals surface area contributed by atoms with Crippen LogP contribution < -0.4 is 9.47 Å². The molecule has 6 heteroatoms. The normalized spacial score (nSPS) is 11.8. The van der Waals surface area contributed by atoms with Gasteiger partial charge in [-0.2, -0.15) is 0 Å². The van der Waals surface area contributed by atoms with Crippen LogP contribution in [-0.4, -0.2) is 24.0 Å². The van der Waals surface area contributed by atoms with Crippen molar-refractivity contribution in [1.29, 1.82) is 0 Å². The van der Waals surface area contributed by atoms with Gasteiger partial charge in [-0.25, -0.2) is 0 Å². The molecule has 0 radical (unpaired) electrons. The second-order valence-corrected chi connectivity index (χ2v) is 7.63. The summed E-state index contributed by atoms with van der Waals surface area (Å²) in [5.41, 5.74) is 2.81. The molecule has 1 atom stereocenters. The molecule has 158 valence electrons. The molecule has 3 rings (SSSR count). The highest BCUT2D eigenvalue weighted by atomic mass is 35.5. The summed E-state index contributed by atoms with van der Waals surface area (Å²) in [5.74, 6) is 1.97. The number of carbonyl (C=O) groups excluding carboxylic acids is 1. The van der Waals surface area contributed by atoms with E-state index in [1.165, 1.54) is 0 Å². The maximum Gasteiger partial charge on any atom is 0.264 e. The fourth-order valence-corrected chi connectivity index (χ4v) is 3.35. The first-order valence-electron chi connectivity index (χ1n) is 9.75. The Morgan fingerprint density at radius 2 is 1.73 bits per heavy atom. The molecule has 1 aromatic heterocycles. The minimum atomic E-state index is -0.668.